The van der Waals surface area contributed by atoms with Gasteiger partial charge in [-0.15, -0.1) is 0 Å². The number of rotatable bonds is 11. The third-order valence-corrected chi connectivity index (χ3v) is 5.30. The van der Waals surface area contributed by atoms with Crippen LogP contribution in [0.5, 0.6) is 11.5 Å². The molecule has 0 fully saturated rings. The van der Waals surface area contributed by atoms with Gasteiger partial charge in [0.25, 0.3) is 12.0 Å². The van der Waals surface area contributed by atoms with E-state index in [1.165, 1.54) is 6.08 Å². The number of ether oxygens (including phenoxy) is 3. The summed E-state index contributed by atoms with van der Waals surface area (Å²) in [6.45, 7) is 7.82. The molecular formula is C30H32N2O6. The van der Waals surface area contributed by atoms with Gasteiger partial charge in [-0.25, -0.2) is 9.80 Å². The Morgan fingerprint density at radius 3 is 2.18 bits per heavy atom. The van der Waals surface area contributed by atoms with Crippen molar-refractivity contribution in [2.45, 2.75) is 52.4 Å². The van der Waals surface area contributed by atoms with Gasteiger partial charge in [-0.2, -0.15) is 0 Å². The number of hydrogen-bond donors (Lipinski definition) is 0. The van der Waals surface area contributed by atoms with Gasteiger partial charge in [0.05, 0.1) is 19.1 Å². The molecule has 3 aromatic rings. The van der Waals surface area contributed by atoms with Crippen LogP contribution in [0.4, 0.5) is 0 Å². The first-order chi connectivity index (χ1) is 18.2. The van der Waals surface area contributed by atoms with E-state index in [2.05, 4.69) is 5.10 Å². The predicted octanol–water partition coefficient (Wildman–Crippen LogP) is 5.83. The lowest BCUT2D eigenvalue weighted by molar-refractivity contribution is -0.144. The molecule has 1 unspecified atom stereocenters. The van der Waals surface area contributed by atoms with Crippen molar-refractivity contribution in [3.63, 3.8) is 0 Å². The average molecular weight is 517 g/mol. The Balaban J connectivity index is 2.01. The number of hydrazone groups is 1. The van der Waals surface area contributed by atoms with E-state index >= 15 is 0 Å². The number of isocyanates is 1. The molecular weight excluding hydrogens is 484 g/mol. The largest absolute Gasteiger partial charge is 0.489 e. The quantitative estimate of drug-likeness (QED) is 0.138. The molecule has 3 rings (SSSR count). The Kier molecular flexibility index (Phi) is 9.79. The summed E-state index contributed by atoms with van der Waals surface area (Å²) in [6, 6.07) is 22.4. The predicted molar refractivity (Wildman–Crippen MR) is 142 cm³/mol. The van der Waals surface area contributed by atoms with Crippen molar-refractivity contribution in [1.29, 1.82) is 0 Å². The van der Waals surface area contributed by atoms with Crippen LogP contribution >= 0.6 is 0 Å². The van der Waals surface area contributed by atoms with Crippen LogP contribution in [0.15, 0.2) is 84.0 Å². The van der Waals surface area contributed by atoms with E-state index in [0.717, 1.165) is 10.6 Å². The SMILES string of the molecule is CCOC(=O)CC(c1ccccc1)N(N=C=O)C(=O)c1cc(OCc2ccccc2)cc(OC(C)(C)C)c1. The van der Waals surface area contributed by atoms with Gasteiger partial charge in [-0.3, -0.25) is 9.59 Å². The summed E-state index contributed by atoms with van der Waals surface area (Å²) in [5.41, 5.74) is 1.18. The standard InChI is InChI=1S/C30H32N2O6/c1-5-36-28(34)19-27(23-14-10-7-11-15-23)32(31-21-33)29(35)24-16-25(18-26(17-24)38-30(2,3)4)37-20-22-12-8-6-9-13-22/h6-18,27H,5,19-20H2,1-4H3. The molecule has 0 radical (unpaired) electrons. The molecule has 0 aliphatic rings. The van der Waals surface area contributed by atoms with Crippen LogP contribution in [-0.4, -0.2) is 35.2 Å². The summed E-state index contributed by atoms with van der Waals surface area (Å²) in [4.78, 5) is 37.7. The number of nitrogens with zero attached hydrogens (tertiary/aromatic N) is 2. The second kappa shape index (κ2) is 13.2. The maximum atomic E-state index is 13.8. The molecule has 1 atom stereocenters. The van der Waals surface area contributed by atoms with Crippen molar-refractivity contribution in [3.05, 3.63) is 95.6 Å². The Labute approximate surface area is 222 Å². The summed E-state index contributed by atoms with van der Waals surface area (Å²) in [6.07, 6.45) is 1.25. The van der Waals surface area contributed by atoms with Gasteiger partial charge in [0.1, 0.15) is 23.7 Å². The van der Waals surface area contributed by atoms with E-state index in [4.69, 9.17) is 14.2 Å². The van der Waals surface area contributed by atoms with Crippen LogP contribution in [0.1, 0.15) is 61.6 Å². The molecule has 198 valence electrons. The molecule has 3 aromatic carbocycles. The Morgan fingerprint density at radius 1 is 0.947 bits per heavy atom. The van der Waals surface area contributed by atoms with E-state index in [1.54, 1.807) is 49.4 Å². The fourth-order valence-corrected chi connectivity index (χ4v) is 3.76. The lowest BCUT2D eigenvalue weighted by Gasteiger charge is -2.27. The van der Waals surface area contributed by atoms with Crippen LogP contribution < -0.4 is 9.47 Å². The molecule has 0 bridgehead atoms. The first-order valence-electron chi connectivity index (χ1n) is 12.3. The highest BCUT2D eigenvalue weighted by atomic mass is 16.5. The number of esters is 1. The Morgan fingerprint density at radius 2 is 1.58 bits per heavy atom. The summed E-state index contributed by atoms with van der Waals surface area (Å²) in [5.74, 6) is -0.355. The number of carbonyl (C=O) groups is 2. The van der Waals surface area contributed by atoms with E-state index < -0.39 is 23.5 Å². The fraction of sp³-hybridized carbons (Fsp3) is 0.300. The molecule has 8 heteroatoms. The van der Waals surface area contributed by atoms with Crippen molar-refractivity contribution in [3.8, 4) is 11.5 Å². The van der Waals surface area contributed by atoms with Crippen LogP contribution in [0, 0.1) is 0 Å². The molecule has 0 aliphatic carbocycles. The molecule has 1 amide bonds. The minimum absolute atomic E-state index is 0.165. The van der Waals surface area contributed by atoms with E-state index in [-0.39, 0.29) is 25.2 Å². The summed E-state index contributed by atoms with van der Waals surface area (Å²) in [7, 11) is 0. The molecule has 0 heterocycles. The van der Waals surface area contributed by atoms with Gasteiger partial charge < -0.3 is 14.2 Å². The normalized spacial score (nSPS) is 11.6. The summed E-state index contributed by atoms with van der Waals surface area (Å²) in [5, 5.41) is 4.66. The van der Waals surface area contributed by atoms with Crippen LogP contribution in [0.2, 0.25) is 0 Å². The van der Waals surface area contributed by atoms with Crippen molar-refractivity contribution >= 4 is 18.0 Å². The minimum atomic E-state index is -0.898. The van der Waals surface area contributed by atoms with Crippen LogP contribution in [0.3, 0.4) is 0 Å². The van der Waals surface area contributed by atoms with Gasteiger partial charge >= 0.3 is 5.97 Å². The summed E-state index contributed by atoms with van der Waals surface area (Å²) >= 11 is 0. The number of amides is 1. The second-order valence-corrected chi connectivity index (χ2v) is 9.46. The number of hydrogen-bond acceptors (Lipinski definition) is 7. The van der Waals surface area contributed by atoms with Crippen molar-refractivity contribution in [1.82, 2.24) is 5.01 Å². The molecule has 38 heavy (non-hydrogen) atoms. The van der Waals surface area contributed by atoms with E-state index in [0.29, 0.717) is 17.1 Å². The molecule has 8 nitrogen and oxygen atoms in total. The lowest BCUT2D eigenvalue weighted by atomic mass is 10.0. The van der Waals surface area contributed by atoms with E-state index in [9.17, 15) is 14.4 Å². The maximum Gasteiger partial charge on any atom is 0.308 e. The second-order valence-electron chi connectivity index (χ2n) is 9.46. The zero-order valence-corrected chi connectivity index (χ0v) is 22.0. The molecule has 0 N–H and O–H groups in total. The zero-order valence-electron chi connectivity index (χ0n) is 22.0. The first kappa shape index (κ1) is 28.2. The van der Waals surface area contributed by atoms with E-state index in [1.807, 2.05) is 57.2 Å². The van der Waals surface area contributed by atoms with Crippen molar-refractivity contribution < 1.29 is 28.6 Å². The van der Waals surface area contributed by atoms with Gasteiger partial charge in [-0.1, -0.05) is 65.8 Å². The molecule has 0 aliphatic heterocycles. The van der Waals surface area contributed by atoms with Crippen molar-refractivity contribution in [2.75, 3.05) is 6.61 Å². The van der Waals surface area contributed by atoms with Crippen molar-refractivity contribution in [2.24, 2.45) is 5.10 Å². The van der Waals surface area contributed by atoms with Crippen LogP contribution in [0.25, 0.3) is 0 Å². The topological polar surface area (TPSA) is 94.5 Å². The lowest BCUT2D eigenvalue weighted by Crippen LogP contribution is -2.32. The molecule has 0 saturated heterocycles. The van der Waals surface area contributed by atoms with Crippen LogP contribution in [-0.2, 0) is 20.9 Å². The monoisotopic (exact) mass is 516 g/mol. The average Bonchev–Trinajstić information content (AvgIpc) is 2.89. The summed E-state index contributed by atoms with van der Waals surface area (Å²) < 4.78 is 17.1. The molecule has 0 aromatic heterocycles. The Hall–Kier alpha value is -4.42. The maximum absolute atomic E-state index is 13.8. The third-order valence-electron chi connectivity index (χ3n) is 5.30. The minimum Gasteiger partial charge on any atom is -0.489 e. The number of carbonyl (C=O) groups excluding carboxylic acids is 3. The molecule has 0 spiro atoms. The zero-order chi connectivity index (χ0) is 27.5. The van der Waals surface area contributed by atoms with Gasteiger partial charge in [0, 0.05) is 11.6 Å². The first-order valence-corrected chi connectivity index (χ1v) is 12.3. The third kappa shape index (κ3) is 8.32. The highest BCUT2D eigenvalue weighted by Gasteiger charge is 2.30. The highest BCUT2D eigenvalue weighted by Crippen LogP contribution is 2.31. The van der Waals surface area contributed by atoms with Gasteiger partial charge in [0.15, 0.2) is 0 Å². The fourth-order valence-electron chi connectivity index (χ4n) is 3.76. The molecule has 0 saturated carbocycles. The number of benzene rings is 3. The smallest absolute Gasteiger partial charge is 0.308 e. The van der Waals surface area contributed by atoms with Gasteiger partial charge in [0.2, 0.25) is 0 Å². The highest BCUT2D eigenvalue weighted by molar-refractivity contribution is 5.95. The Bertz CT molecular complexity index is 1260. The van der Waals surface area contributed by atoms with Gasteiger partial charge in [-0.05, 0) is 51.0 Å².